The first-order valence-corrected chi connectivity index (χ1v) is 12.4. The molecule has 0 unspecified atom stereocenters. The molecule has 0 bridgehead atoms. The number of unbranched alkanes of at least 4 members (excludes halogenated alkanes) is 14. The van der Waals surface area contributed by atoms with E-state index in [0.717, 1.165) is 11.8 Å². The summed E-state index contributed by atoms with van der Waals surface area (Å²) >= 11 is 0. The largest absolute Gasteiger partial charge is 0.0654 e. The third-order valence-corrected chi connectivity index (χ3v) is 6.67. The molecule has 0 aromatic heterocycles. The predicted molar refractivity (Wildman–Crippen MR) is 115 cm³/mol. The van der Waals surface area contributed by atoms with Gasteiger partial charge in [0.05, 0.1) is 0 Å². The first-order valence-electron chi connectivity index (χ1n) is 12.4. The Morgan fingerprint density at radius 1 is 0.440 bits per heavy atom. The molecular weight excluding hydrogens is 300 g/mol. The Kier molecular flexibility index (Phi) is 16.1. The normalized spacial score (nSPS) is 20.4. The number of rotatable bonds is 18. The van der Waals surface area contributed by atoms with E-state index in [1.54, 1.807) is 25.7 Å². The Labute approximate surface area is 160 Å². The van der Waals surface area contributed by atoms with Crippen molar-refractivity contribution in [2.45, 2.75) is 149 Å². The summed E-state index contributed by atoms with van der Waals surface area (Å²) in [5.74, 6) is 2.20. The van der Waals surface area contributed by atoms with Crippen molar-refractivity contribution in [2.75, 3.05) is 0 Å². The number of hydrogen-bond donors (Lipinski definition) is 0. The van der Waals surface area contributed by atoms with Crippen LogP contribution in [0.1, 0.15) is 149 Å². The summed E-state index contributed by atoms with van der Waals surface area (Å²) in [6.07, 6.45) is 31.3. The fraction of sp³-hybridized carbons (Fsp3) is 1.00. The highest BCUT2D eigenvalue weighted by Gasteiger charge is 2.25. The van der Waals surface area contributed by atoms with Crippen molar-refractivity contribution in [3.8, 4) is 0 Å². The van der Waals surface area contributed by atoms with Crippen LogP contribution in [0.15, 0.2) is 0 Å². The van der Waals surface area contributed by atoms with Crippen LogP contribution in [0.2, 0.25) is 0 Å². The zero-order chi connectivity index (χ0) is 18.0. The summed E-state index contributed by atoms with van der Waals surface area (Å²) in [5, 5.41) is 0. The summed E-state index contributed by atoms with van der Waals surface area (Å²) in [6.45, 7) is 4.62. The van der Waals surface area contributed by atoms with Gasteiger partial charge in [0.15, 0.2) is 0 Å². The molecule has 1 rings (SSSR count). The van der Waals surface area contributed by atoms with Gasteiger partial charge in [0.1, 0.15) is 0 Å². The van der Waals surface area contributed by atoms with Crippen LogP contribution in [-0.2, 0) is 0 Å². The van der Waals surface area contributed by atoms with Crippen molar-refractivity contribution >= 4 is 0 Å². The quantitative estimate of drug-likeness (QED) is 0.216. The first-order chi connectivity index (χ1) is 12.4. The average Bonchev–Trinajstić information content (AvgIpc) is 3.07. The summed E-state index contributed by atoms with van der Waals surface area (Å²) in [4.78, 5) is 0. The van der Waals surface area contributed by atoms with Gasteiger partial charge in [-0.05, 0) is 11.8 Å². The molecule has 25 heavy (non-hydrogen) atoms. The Morgan fingerprint density at radius 3 is 1.12 bits per heavy atom. The molecule has 0 N–H and O–H groups in total. The molecule has 0 heterocycles. The van der Waals surface area contributed by atoms with Gasteiger partial charge >= 0.3 is 0 Å². The van der Waals surface area contributed by atoms with Gasteiger partial charge in [0.25, 0.3) is 0 Å². The lowest BCUT2D eigenvalue weighted by atomic mass is 9.86. The second-order valence-corrected chi connectivity index (χ2v) is 8.98. The highest BCUT2D eigenvalue weighted by molar-refractivity contribution is 4.77. The van der Waals surface area contributed by atoms with Crippen LogP contribution in [0, 0.1) is 11.8 Å². The third kappa shape index (κ3) is 12.9. The van der Waals surface area contributed by atoms with Crippen molar-refractivity contribution in [1.29, 1.82) is 0 Å². The Bertz CT molecular complexity index is 231. The fourth-order valence-electron chi connectivity index (χ4n) is 4.95. The average molecular weight is 351 g/mol. The summed E-state index contributed by atoms with van der Waals surface area (Å²) in [7, 11) is 0. The van der Waals surface area contributed by atoms with Crippen LogP contribution in [0.25, 0.3) is 0 Å². The van der Waals surface area contributed by atoms with Gasteiger partial charge in [-0.15, -0.1) is 0 Å². The lowest BCUT2D eigenvalue weighted by molar-refractivity contribution is 0.322. The van der Waals surface area contributed by atoms with Crippen molar-refractivity contribution in [3.63, 3.8) is 0 Å². The minimum absolute atomic E-state index is 1.10. The minimum Gasteiger partial charge on any atom is -0.0654 e. The van der Waals surface area contributed by atoms with Crippen molar-refractivity contribution in [3.05, 3.63) is 0 Å². The molecule has 0 radical (unpaired) electrons. The van der Waals surface area contributed by atoms with Crippen molar-refractivity contribution < 1.29 is 0 Å². The Balaban J connectivity index is 1.91. The molecule has 0 aliphatic heterocycles. The monoisotopic (exact) mass is 350 g/mol. The molecule has 2 atom stereocenters. The lowest BCUT2D eigenvalue weighted by Gasteiger charge is -2.19. The zero-order valence-corrected chi connectivity index (χ0v) is 18.0. The van der Waals surface area contributed by atoms with Crippen LogP contribution >= 0.6 is 0 Å². The first kappa shape index (κ1) is 23.0. The standard InChI is InChI=1S/C25H50/c1-3-5-7-9-11-13-15-17-20-24-22-19-23-25(24)21-18-16-14-12-10-8-6-4-2/h24-25H,3-23H2,1-2H3/t24-,25-/m1/s1. The van der Waals surface area contributed by atoms with E-state index in [0.29, 0.717) is 0 Å². The van der Waals surface area contributed by atoms with Gasteiger partial charge in [-0.25, -0.2) is 0 Å². The maximum absolute atomic E-state index is 2.31. The van der Waals surface area contributed by atoms with E-state index in [4.69, 9.17) is 0 Å². The molecule has 0 saturated heterocycles. The van der Waals surface area contributed by atoms with Gasteiger partial charge in [-0.2, -0.15) is 0 Å². The Hall–Kier alpha value is 0. The summed E-state index contributed by atoms with van der Waals surface area (Å²) in [6, 6.07) is 0. The summed E-state index contributed by atoms with van der Waals surface area (Å²) < 4.78 is 0. The zero-order valence-electron chi connectivity index (χ0n) is 18.0. The molecule has 0 nitrogen and oxygen atoms in total. The molecule has 0 amide bonds. The third-order valence-electron chi connectivity index (χ3n) is 6.67. The van der Waals surface area contributed by atoms with Gasteiger partial charge in [-0.3, -0.25) is 0 Å². The smallest absolute Gasteiger partial charge is 0.0386 e. The molecule has 0 aromatic carbocycles. The number of hydrogen-bond acceptors (Lipinski definition) is 0. The van der Waals surface area contributed by atoms with E-state index in [1.165, 1.54) is 109 Å². The van der Waals surface area contributed by atoms with Crippen LogP contribution < -0.4 is 0 Å². The van der Waals surface area contributed by atoms with Gasteiger partial charge < -0.3 is 0 Å². The second-order valence-electron chi connectivity index (χ2n) is 8.98. The fourth-order valence-corrected chi connectivity index (χ4v) is 4.95. The van der Waals surface area contributed by atoms with Crippen molar-refractivity contribution in [2.24, 2.45) is 11.8 Å². The minimum atomic E-state index is 1.10. The maximum Gasteiger partial charge on any atom is -0.0386 e. The molecule has 0 spiro atoms. The molecule has 1 saturated carbocycles. The molecular formula is C25H50. The molecule has 1 aliphatic rings. The van der Waals surface area contributed by atoms with Crippen LogP contribution in [0.3, 0.4) is 0 Å². The molecule has 150 valence electrons. The molecule has 1 aliphatic carbocycles. The van der Waals surface area contributed by atoms with Crippen LogP contribution in [0.5, 0.6) is 0 Å². The second kappa shape index (κ2) is 17.4. The topological polar surface area (TPSA) is 0 Å². The highest BCUT2D eigenvalue weighted by atomic mass is 14.3. The van der Waals surface area contributed by atoms with E-state index in [1.807, 2.05) is 0 Å². The van der Waals surface area contributed by atoms with E-state index in [2.05, 4.69) is 13.8 Å². The van der Waals surface area contributed by atoms with E-state index < -0.39 is 0 Å². The molecule has 0 heteroatoms. The maximum atomic E-state index is 2.31. The van der Waals surface area contributed by atoms with Crippen LogP contribution in [0.4, 0.5) is 0 Å². The SMILES string of the molecule is CCCCCCCCCC[C@@H]1CCC[C@H]1CCCCCCCCCC. The van der Waals surface area contributed by atoms with Gasteiger partial charge in [0.2, 0.25) is 0 Å². The summed E-state index contributed by atoms with van der Waals surface area (Å²) in [5.41, 5.74) is 0. The van der Waals surface area contributed by atoms with E-state index in [9.17, 15) is 0 Å². The predicted octanol–water partition coefficient (Wildman–Crippen LogP) is 9.46. The van der Waals surface area contributed by atoms with Crippen LogP contribution in [-0.4, -0.2) is 0 Å². The lowest BCUT2D eigenvalue weighted by Crippen LogP contribution is -2.08. The molecule has 1 fully saturated rings. The van der Waals surface area contributed by atoms with Gasteiger partial charge in [0, 0.05) is 0 Å². The Morgan fingerprint density at radius 2 is 0.760 bits per heavy atom. The highest BCUT2D eigenvalue weighted by Crippen LogP contribution is 2.38. The van der Waals surface area contributed by atoms with Gasteiger partial charge in [-0.1, -0.05) is 149 Å². The van der Waals surface area contributed by atoms with E-state index in [-0.39, 0.29) is 0 Å². The van der Waals surface area contributed by atoms with E-state index >= 15 is 0 Å². The molecule has 0 aromatic rings. The van der Waals surface area contributed by atoms with Crippen molar-refractivity contribution in [1.82, 2.24) is 0 Å².